The van der Waals surface area contributed by atoms with Gasteiger partial charge in [-0.1, -0.05) is 66.0 Å². The zero-order chi connectivity index (χ0) is 21.8. The van der Waals surface area contributed by atoms with Crippen LogP contribution in [0.2, 0.25) is 15.1 Å². The summed E-state index contributed by atoms with van der Waals surface area (Å²) >= 11 is 19.2. The maximum absolute atomic E-state index is 6.75. The molecule has 2 aromatic carbocycles. The SMILES string of the molecule is C=C1NC(C)C2C(c3ccc(Cl)cc3)C(c3ccc(Cl)cc3Cl)CCC12NC1CCC1. The van der Waals surface area contributed by atoms with Crippen LogP contribution in [-0.4, -0.2) is 17.6 Å². The first-order valence-electron chi connectivity index (χ1n) is 11.3. The molecule has 31 heavy (non-hydrogen) atoms. The average molecular weight is 476 g/mol. The minimum atomic E-state index is -0.0930. The molecule has 0 radical (unpaired) electrons. The fourth-order valence-corrected chi connectivity index (χ4v) is 6.99. The molecular formula is C26H29Cl3N2. The number of benzene rings is 2. The number of rotatable bonds is 4. The van der Waals surface area contributed by atoms with E-state index in [0.29, 0.717) is 34.9 Å². The van der Waals surface area contributed by atoms with Crippen LogP contribution in [-0.2, 0) is 0 Å². The van der Waals surface area contributed by atoms with Crippen molar-refractivity contribution < 1.29 is 0 Å². The fourth-order valence-electron chi connectivity index (χ4n) is 6.32. The Balaban J connectivity index is 1.62. The highest BCUT2D eigenvalue weighted by Gasteiger charge is 2.58. The molecule has 0 bridgehead atoms. The molecule has 2 aromatic rings. The molecule has 164 valence electrons. The van der Waals surface area contributed by atoms with Crippen molar-refractivity contribution in [1.29, 1.82) is 0 Å². The van der Waals surface area contributed by atoms with E-state index in [4.69, 9.17) is 34.8 Å². The zero-order valence-corrected chi connectivity index (χ0v) is 20.1. The summed E-state index contributed by atoms with van der Waals surface area (Å²) in [5.74, 6) is 0.966. The molecule has 1 heterocycles. The Morgan fingerprint density at radius 1 is 1.00 bits per heavy atom. The summed E-state index contributed by atoms with van der Waals surface area (Å²) in [4.78, 5) is 0. The van der Waals surface area contributed by atoms with Gasteiger partial charge in [0, 0.05) is 38.8 Å². The number of fused-ring (bicyclic) bond motifs is 1. The van der Waals surface area contributed by atoms with Gasteiger partial charge in [0.25, 0.3) is 0 Å². The van der Waals surface area contributed by atoms with Gasteiger partial charge in [-0.05, 0) is 79.8 Å². The van der Waals surface area contributed by atoms with Crippen LogP contribution in [0.5, 0.6) is 0 Å². The van der Waals surface area contributed by atoms with E-state index in [1.807, 2.05) is 24.3 Å². The van der Waals surface area contributed by atoms with Gasteiger partial charge >= 0.3 is 0 Å². The molecule has 2 nitrogen and oxygen atoms in total. The van der Waals surface area contributed by atoms with Gasteiger partial charge in [0.1, 0.15) is 0 Å². The summed E-state index contributed by atoms with van der Waals surface area (Å²) in [5.41, 5.74) is 3.56. The second-order valence-corrected chi connectivity index (χ2v) is 10.8. The monoisotopic (exact) mass is 474 g/mol. The van der Waals surface area contributed by atoms with E-state index in [-0.39, 0.29) is 5.54 Å². The highest BCUT2D eigenvalue weighted by atomic mass is 35.5. The number of hydrogen-bond acceptors (Lipinski definition) is 2. The van der Waals surface area contributed by atoms with Crippen LogP contribution in [0.25, 0.3) is 0 Å². The minimum absolute atomic E-state index is 0.0930. The van der Waals surface area contributed by atoms with E-state index in [2.05, 4.69) is 42.3 Å². The molecule has 5 atom stereocenters. The van der Waals surface area contributed by atoms with Gasteiger partial charge in [-0.2, -0.15) is 0 Å². The first-order valence-corrected chi connectivity index (χ1v) is 12.5. The van der Waals surface area contributed by atoms with Crippen molar-refractivity contribution in [3.05, 3.63) is 80.9 Å². The second kappa shape index (κ2) is 8.30. The Morgan fingerprint density at radius 3 is 2.35 bits per heavy atom. The Kier molecular flexibility index (Phi) is 5.80. The average Bonchev–Trinajstić information content (AvgIpc) is 2.95. The van der Waals surface area contributed by atoms with Crippen LogP contribution in [0.4, 0.5) is 0 Å². The molecule has 5 heteroatoms. The quantitative estimate of drug-likeness (QED) is 0.484. The molecule has 0 aromatic heterocycles. The maximum atomic E-state index is 6.75. The molecule has 5 rings (SSSR count). The van der Waals surface area contributed by atoms with Crippen LogP contribution < -0.4 is 10.6 Å². The van der Waals surface area contributed by atoms with E-state index in [0.717, 1.165) is 28.6 Å². The molecule has 5 unspecified atom stereocenters. The number of halogens is 3. The molecule has 3 aliphatic rings. The fraction of sp³-hybridized carbons (Fsp3) is 0.462. The molecule has 3 fully saturated rings. The standard InChI is InChI=1S/C26H29Cl3N2/c1-15-25-24(17-6-8-18(27)9-7-17)22(21-11-10-19(28)14-23(21)29)12-13-26(25,16(2)30-15)31-20-4-3-5-20/h6-11,14-15,20,22,24-25,30-31H,2-5,12-13H2,1H3. The van der Waals surface area contributed by atoms with Gasteiger partial charge in [0.05, 0.1) is 5.54 Å². The first-order chi connectivity index (χ1) is 14.9. The van der Waals surface area contributed by atoms with Gasteiger partial charge in [-0.25, -0.2) is 0 Å². The Hall–Kier alpha value is -1.19. The summed E-state index contributed by atoms with van der Waals surface area (Å²) in [6.45, 7) is 6.80. The summed E-state index contributed by atoms with van der Waals surface area (Å²) in [7, 11) is 0. The van der Waals surface area contributed by atoms with E-state index < -0.39 is 0 Å². The van der Waals surface area contributed by atoms with Crippen molar-refractivity contribution >= 4 is 34.8 Å². The van der Waals surface area contributed by atoms with Crippen molar-refractivity contribution in [2.45, 2.75) is 68.5 Å². The first kappa shape index (κ1) is 21.6. The largest absolute Gasteiger partial charge is 0.384 e. The van der Waals surface area contributed by atoms with Crippen LogP contribution >= 0.6 is 34.8 Å². The van der Waals surface area contributed by atoms with Crippen LogP contribution in [0.3, 0.4) is 0 Å². The van der Waals surface area contributed by atoms with Gasteiger partial charge in [-0.15, -0.1) is 0 Å². The van der Waals surface area contributed by atoms with E-state index in [1.165, 1.54) is 30.4 Å². The Morgan fingerprint density at radius 2 is 1.71 bits per heavy atom. The lowest BCUT2D eigenvalue weighted by molar-refractivity contribution is 0.117. The predicted octanol–water partition coefficient (Wildman–Crippen LogP) is 7.31. The molecule has 1 saturated heterocycles. The third kappa shape index (κ3) is 3.70. The molecular weight excluding hydrogens is 447 g/mol. The molecule has 1 aliphatic heterocycles. The summed E-state index contributed by atoms with van der Waals surface area (Å²) < 4.78 is 0. The van der Waals surface area contributed by atoms with Crippen molar-refractivity contribution in [2.75, 3.05) is 0 Å². The van der Waals surface area contributed by atoms with Crippen LogP contribution in [0.1, 0.15) is 62.0 Å². The van der Waals surface area contributed by atoms with Crippen LogP contribution in [0, 0.1) is 5.92 Å². The lowest BCUT2D eigenvalue weighted by Crippen LogP contribution is -2.60. The lowest BCUT2D eigenvalue weighted by Gasteiger charge is -2.51. The lowest BCUT2D eigenvalue weighted by atomic mass is 9.57. The number of nitrogens with one attached hydrogen (secondary N) is 2. The molecule has 0 spiro atoms. The van der Waals surface area contributed by atoms with Gasteiger partial charge < -0.3 is 10.6 Å². The molecule has 2 saturated carbocycles. The second-order valence-electron chi connectivity index (χ2n) is 9.57. The normalized spacial score (nSPS) is 33.0. The maximum Gasteiger partial charge on any atom is 0.0633 e. The third-order valence-corrected chi connectivity index (χ3v) is 8.72. The van der Waals surface area contributed by atoms with Crippen LogP contribution in [0.15, 0.2) is 54.7 Å². The highest BCUT2D eigenvalue weighted by molar-refractivity contribution is 6.35. The van der Waals surface area contributed by atoms with E-state index >= 15 is 0 Å². The summed E-state index contributed by atoms with van der Waals surface area (Å²) in [6.07, 6.45) is 5.93. The summed E-state index contributed by atoms with van der Waals surface area (Å²) in [5, 5.41) is 10.0. The zero-order valence-electron chi connectivity index (χ0n) is 17.8. The smallest absolute Gasteiger partial charge is 0.0633 e. The van der Waals surface area contributed by atoms with E-state index in [1.54, 1.807) is 0 Å². The molecule has 0 amide bonds. The minimum Gasteiger partial charge on any atom is -0.384 e. The van der Waals surface area contributed by atoms with Crippen molar-refractivity contribution in [2.24, 2.45) is 5.92 Å². The van der Waals surface area contributed by atoms with Gasteiger partial charge in [0.15, 0.2) is 0 Å². The van der Waals surface area contributed by atoms with Crippen molar-refractivity contribution in [3.8, 4) is 0 Å². The van der Waals surface area contributed by atoms with Gasteiger partial charge in [-0.3, -0.25) is 0 Å². The number of hydrogen-bond donors (Lipinski definition) is 2. The van der Waals surface area contributed by atoms with E-state index in [9.17, 15) is 0 Å². The van der Waals surface area contributed by atoms with Crippen molar-refractivity contribution in [1.82, 2.24) is 10.6 Å². The third-order valence-electron chi connectivity index (χ3n) is 7.90. The Labute approximate surface area is 200 Å². The topological polar surface area (TPSA) is 24.1 Å². The predicted molar refractivity (Wildman–Crippen MR) is 131 cm³/mol. The highest BCUT2D eigenvalue weighted by Crippen LogP contribution is 2.58. The summed E-state index contributed by atoms with van der Waals surface area (Å²) in [6, 6.07) is 15.3. The Bertz CT molecular complexity index is 985. The molecule has 2 N–H and O–H groups in total. The molecule has 2 aliphatic carbocycles. The van der Waals surface area contributed by atoms with Gasteiger partial charge in [0.2, 0.25) is 0 Å². The van der Waals surface area contributed by atoms with Crippen molar-refractivity contribution in [3.63, 3.8) is 0 Å².